The van der Waals surface area contributed by atoms with Crippen LogP contribution < -0.4 is 5.32 Å². The Kier molecular flexibility index (Phi) is 4.22. The van der Waals surface area contributed by atoms with Crippen LogP contribution >= 0.6 is 15.9 Å². The summed E-state index contributed by atoms with van der Waals surface area (Å²) in [6.45, 7) is 0.888. The smallest absolute Gasteiger partial charge is 0.147 e. The number of benzene rings is 1. The first-order valence-electron chi connectivity index (χ1n) is 5.95. The van der Waals surface area contributed by atoms with Crippen LogP contribution in [0.3, 0.4) is 0 Å². The Labute approximate surface area is 105 Å². The van der Waals surface area contributed by atoms with Crippen LogP contribution in [0.15, 0.2) is 22.7 Å². The SMILES string of the molecule is Fc1cccc(Br)c1NCC1CCCCC1. The molecule has 2 rings (SSSR count). The minimum atomic E-state index is -0.176. The highest BCUT2D eigenvalue weighted by Crippen LogP contribution is 2.28. The average molecular weight is 286 g/mol. The Morgan fingerprint density at radius 3 is 2.69 bits per heavy atom. The zero-order chi connectivity index (χ0) is 11.4. The maximum atomic E-state index is 13.5. The van der Waals surface area contributed by atoms with Gasteiger partial charge in [0.15, 0.2) is 0 Å². The highest BCUT2D eigenvalue weighted by atomic mass is 79.9. The molecule has 16 heavy (non-hydrogen) atoms. The van der Waals surface area contributed by atoms with E-state index in [-0.39, 0.29) is 5.82 Å². The molecule has 0 atom stereocenters. The first-order valence-corrected chi connectivity index (χ1v) is 6.74. The monoisotopic (exact) mass is 285 g/mol. The van der Waals surface area contributed by atoms with E-state index in [9.17, 15) is 4.39 Å². The molecule has 1 aliphatic rings. The van der Waals surface area contributed by atoms with Crippen LogP contribution in [0.1, 0.15) is 32.1 Å². The van der Waals surface area contributed by atoms with E-state index < -0.39 is 0 Å². The van der Waals surface area contributed by atoms with Crippen LogP contribution in [0.5, 0.6) is 0 Å². The van der Waals surface area contributed by atoms with E-state index >= 15 is 0 Å². The van der Waals surface area contributed by atoms with E-state index in [1.165, 1.54) is 38.2 Å². The molecule has 1 nitrogen and oxygen atoms in total. The lowest BCUT2D eigenvalue weighted by atomic mass is 9.89. The second-order valence-corrected chi connectivity index (χ2v) is 5.34. The molecule has 1 saturated carbocycles. The number of rotatable bonds is 3. The molecule has 0 amide bonds. The van der Waals surface area contributed by atoms with Gasteiger partial charge in [-0.15, -0.1) is 0 Å². The lowest BCUT2D eigenvalue weighted by molar-refractivity contribution is 0.373. The number of nitrogens with one attached hydrogen (secondary N) is 1. The molecular weight excluding hydrogens is 269 g/mol. The van der Waals surface area contributed by atoms with Gasteiger partial charge in [0.05, 0.1) is 5.69 Å². The van der Waals surface area contributed by atoms with Gasteiger partial charge >= 0.3 is 0 Å². The molecule has 0 aliphatic heterocycles. The Bertz CT molecular complexity index is 328. The molecule has 0 spiro atoms. The van der Waals surface area contributed by atoms with Gasteiger partial charge < -0.3 is 5.32 Å². The summed E-state index contributed by atoms with van der Waals surface area (Å²) in [5.74, 6) is 0.533. The predicted molar refractivity (Wildman–Crippen MR) is 69.2 cm³/mol. The Balaban J connectivity index is 1.93. The third-order valence-electron chi connectivity index (χ3n) is 3.26. The molecule has 0 unspecified atom stereocenters. The molecule has 1 aromatic rings. The van der Waals surface area contributed by atoms with Crippen molar-refractivity contribution >= 4 is 21.6 Å². The van der Waals surface area contributed by atoms with Crippen molar-refractivity contribution in [2.45, 2.75) is 32.1 Å². The molecule has 3 heteroatoms. The molecule has 1 fully saturated rings. The number of hydrogen-bond donors (Lipinski definition) is 1. The lowest BCUT2D eigenvalue weighted by Crippen LogP contribution is -2.17. The third-order valence-corrected chi connectivity index (χ3v) is 3.92. The maximum absolute atomic E-state index is 13.5. The molecule has 1 aliphatic carbocycles. The summed E-state index contributed by atoms with van der Waals surface area (Å²) in [6, 6.07) is 5.07. The van der Waals surface area contributed by atoms with E-state index in [4.69, 9.17) is 0 Å². The highest BCUT2D eigenvalue weighted by Gasteiger charge is 2.14. The molecule has 0 aromatic heterocycles. The van der Waals surface area contributed by atoms with Gasteiger partial charge in [-0.25, -0.2) is 4.39 Å². The van der Waals surface area contributed by atoms with Crippen molar-refractivity contribution in [3.8, 4) is 0 Å². The van der Waals surface area contributed by atoms with E-state index in [0.29, 0.717) is 11.6 Å². The summed E-state index contributed by atoms with van der Waals surface area (Å²) in [6.07, 6.45) is 6.56. The summed E-state index contributed by atoms with van der Waals surface area (Å²) in [5, 5.41) is 3.23. The van der Waals surface area contributed by atoms with Gasteiger partial charge in [-0.1, -0.05) is 25.3 Å². The largest absolute Gasteiger partial charge is 0.381 e. The van der Waals surface area contributed by atoms with Crippen LogP contribution in [-0.4, -0.2) is 6.54 Å². The summed E-state index contributed by atoms with van der Waals surface area (Å²) in [5.41, 5.74) is 0.605. The van der Waals surface area contributed by atoms with Crippen LogP contribution in [-0.2, 0) is 0 Å². The Morgan fingerprint density at radius 2 is 2.00 bits per heavy atom. The number of hydrogen-bond acceptors (Lipinski definition) is 1. The predicted octanol–water partition coefficient (Wildman–Crippen LogP) is 4.58. The van der Waals surface area contributed by atoms with Crippen LogP contribution in [0.25, 0.3) is 0 Å². The van der Waals surface area contributed by atoms with Crippen molar-refractivity contribution in [1.29, 1.82) is 0 Å². The molecule has 0 bridgehead atoms. The van der Waals surface area contributed by atoms with Crippen molar-refractivity contribution in [2.75, 3.05) is 11.9 Å². The van der Waals surface area contributed by atoms with Gasteiger partial charge in [0.1, 0.15) is 5.82 Å². The first-order chi connectivity index (χ1) is 7.77. The molecule has 88 valence electrons. The molecule has 1 aromatic carbocycles. The summed E-state index contributed by atoms with van der Waals surface area (Å²) in [7, 11) is 0. The fourth-order valence-electron chi connectivity index (χ4n) is 2.30. The zero-order valence-electron chi connectivity index (χ0n) is 9.31. The molecule has 1 N–H and O–H groups in total. The van der Waals surface area contributed by atoms with E-state index in [1.807, 2.05) is 6.07 Å². The molecular formula is C13H17BrFN. The van der Waals surface area contributed by atoms with E-state index in [0.717, 1.165) is 11.0 Å². The number of halogens is 2. The maximum Gasteiger partial charge on any atom is 0.147 e. The highest BCUT2D eigenvalue weighted by molar-refractivity contribution is 9.10. The normalized spacial score (nSPS) is 17.4. The Morgan fingerprint density at radius 1 is 1.25 bits per heavy atom. The van der Waals surface area contributed by atoms with Gasteiger partial charge in [-0.05, 0) is 46.8 Å². The van der Waals surface area contributed by atoms with Crippen LogP contribution in [0.2, 0.25) is 0 Å². The fraction of sp³-hybridized carbons (Fsp3) is 0.538. The number of para-hydroxylation sites is 1. The van der Waals surface area contributed by atoms with Gasteiger partial charge in [-0.3, -0.25) is 0 Å². The quantitative estimate of drug-likeness (QED) is 0.857. The van der Waals surface area contributed by atoms with Crippen molar-refractivity contribution in [3.63, 3.8) is 0 Å². The summed E-state index contributed by atoms with van der Waals surface area (Å²) < 4.78 is 14.3. The minimum Gasteiger partial charge on any atom is -0.381 e. The molecule has 0 heterocycles. The van der Waals surface area contributed by atoms with Crippen molar-refractivity contribution in [2.24, 2.45) is 5.92 Å². The average Bonchev–Trinajstić information content (AvgIpc) is 2.30. The second kappa shape index (κ2) is 5.67. The zero-order valence-corrected chi connectivity index (χ0v) is 10.9. The van der Waals surface area contributed by atoms with Crippen molar-refractivity contribution < 1.29 is 4.39 Å². The van der Waals surface area contributed by atoms with Gasteiger partial charge in [0.25, 0.3) is 0 Å². The van der Waals surface area contributed by atoms with Crippen LogP contribution in [0.4, 0.5) is 10.1 Å². The second-order valence-electron chi connectivity index (χ2n) is 4.48. The Hall–Kier alpha value is -0.570. The van der Waals surface area contributed by atoms with Gasteiger partial charge in [-0.2, -0.15) is 0 Å². The third kappa shape index (κ3) is 2.97. The van der Waals surface area contributed by atoms with E-state index in [1.54, 1.807) is 6.07 Å². The minimum absolute atomic E-state index is 0.176. The molecule has 0 saturated heterocycles. The van der Waals surface area contributed by atoms with Crippen LogP contribution in [0, 0.1) is 11.7 Å². The van der Waals surface area contributed by atoms with E-state index in [2.05, 4.69) is 21.2 Å². The lowest BCUT2D eigenvalue weighted by Gasteiger charge is -2.22. The standard InChI is InChI=1S/C13H17BrFN/c14-11-7-4-8-12(15)13(11)16-9-10-5-2-1-3-6-10/h4,7-8,10,16H,1-3,5-6,9H2. The first kappa shape index (κ1) is 11.9. The number of anilines is 1. The molecule has 0 radical (unpaired) electrons. The summed E-state index contributed by atoms with van der Waals surface area (Å²) in [4.78, 5) is 0. The summed E-state index contributed by atoms with van der Waals surface area (Å²) >= 11 is 3.37. The van der Waals surface area contributed by atoms with Gasteiger partial charge in [0, 0.05) is 11.0 Å². The van der Waals surface area contributed by atoms with Crippen molar-refractivity contribution in [1.82, 2.24) is 0 Å². The fourth-order valence-corrected chi connectivity index (χ4v) is 2.79. The van der Waals surface area contributed by atoms with Crippen molar-refractivity contribution in [3.05, 3.63) is 28.5 Å². The topological polar surface area (TPSA) is 12.0 Å². The van der Waals surface area contributed by atoms with Gasteiger partial charge in [0.2, 0.25) is 0 Å².